The number of esters is 1. The van der Waals surface area contributed by atoms with Crippen molar-refractivity contribution in [2.75, 3.05) is 7.11 Å². The van der Waals surface area contributed by atoms with E-state index in [0.29, 0.717) is 10.9 Å². The smallest absolute Gasteiger partial charge is 0.413 e. The predicted octanol–water partition coefficient (Wildman–Crippen LogP) is 3.44. The lowest BCUT2D eigenvalue weighted by Crippen LogP contribution is -2.40. The van der Waals surface area contributed by atoms with Crippen LogP contribution < -0.4 is 10.1 Å². The van der Waals surface area contributed by atoms with Crippen molar-refractivity contribution in [2.24, 2.45) is 0 Å². The van der Waals surface area contributed by atoms with Crippen LogP contribution >= 0.6 is 0 Å². The highest BCUT2D eigenvalue weighted by Gasteiger charge is 2.25. The molecule has 0 saturated heterocycles. The van der Waals surface area contributed by atoms with E-state index in [0.717, 1.165) is 0 Å². The second-order valence-corrected chi connectivity index (χ2v) is 7.35. The summed E-state index contributed by atoms with van der Waals surface area (Å²) >= 11 is 0. The molecular formula is C23H20FN3O6. The third-order valence-corrected chi connectivity index (χ3v) is 5.16. The lowest BCUT2D eigenvalue weighted by Gasteiger charge is -2.14. The average Bonchev–Trinajstić information content (AvgIpc) is 3.13. The van der Waals surface area contributed by atoms with Crippen molar-refractivity contribution in [3.05, 3.63) is 60.2 Å². The summed E-state index contributed by atoms with van der Waals surface area (Å²) in [5.41, 5.74) is 0.810. The SMILES string of the molecule is COC(=O)C(C)NC(=O)Oc1c2cccnc2c(O)c2c(O)n(Cc3ccc(F)cc3)cc12. The van der Waals surface area contributed by atoms with Crippen molar-refractivity contribution in [3.8, 4) is 17.4 Å². The number of pyridine rings is 1. The summed E-state index contributed by atoms with van der Waals surface area (Å²) in [5, 5.41) is 24.6. The molecule has 1 amide bonds. The van der Waals surface area contributed by atoms with Crippen molar-refractivity contribution < 1.29 is 33.7 Å². The van der Waals surface area contributed by atoms with Crippen LogP contribution in [0.5, 0.6) is 17.4 Å². The van der Waals surface area contributed by atoms with Crippen LogP contribution in [0.4, 0.5) is 9.18 Å². The molecule has 0 aliphatic heterocycles. The molecule has 1 atom stereocenters. The largest absolute Gasteiger partial charge is 0.505 e. The fourth-order valence-electron chi connectivity index (χ4n) is 3.54. The first-order valence-corrected chi connectivity index (χ1v) is 9.92. The van der Waals surface area contributed by atoms with Crippen molar-refractivity contribution in [1.82, 2.24) is 14.9 Å². The number of nitrogens with one attached hydrogen (secondary N) is 1. The summed E-state index contributed by atoms with van der Waals surface area (Å²) in [6.07, 6.45) is 2.02. The van der Waals surface area contributed by atoms with E-state index in [4.69, 9.17) is 4.74 Å². The molecule has 2 aromatic heterocycles. The molecule has 0 fully saturated rings. The highest BCUT2D eigenvalue weighted by molar-refractivity contribution is 6.12. The fraction of sp³-hybridized carbons (Fsp3) is 0.174. The standard InChI is InChI=1S/C23H20FN3O6/c1-12(22(30)32-2)26-23(31)33-20-15-4-3-9-25-18(15)19(28)17-16(20)11-27(21(17)29)10-13-5-7-14(24)8-6-13/h3-9,11-12,28-29H,10H2,1-2H3,(H,26,31). The molecule has 0 spiro atoms. The minimum atomic E-state index is -0.962. The van der Waals surface area contributed by atoms with Gasteiger partial charge in [0.15, 0.2) is 11.5 Å². The minimum absolute atomic E-state index is 0.0344. The summed E-state index contributed by atoms with van der Waals surface area (Å²) in [4.78, 5) is 28.3. The lowest BCUT2D eigenvalue weighted by atomic mass is 10.1. The van der Waals surface area contributed by atoms with Gasteiger partial charge in [-0.2, -0.15) is 0 Å². The van der Waals surface area contributed by atoms with Gasteiger partial charge in [-0.15, -0.1) is 0 Å². The summed E-state index contributed by atoms with van der Waals surface area (Å²) < 4.78 is 24.8. The first kappa shape index (κ1) is 21.9. The van der Waals surface area contributed by atoms with Gasteiger partial charge in [0.1, 0.15) is 17.4 Å². The molecular weight excluding hydrogens is 433 g/mol. The maximum atomic E-state index is 13.2. The molecule has 9 nitrogen and oxygen atoms in total. The van der Waals surface area contributed by atoms with Gasteiger partial charge in [-0.1, -0.05) is 12.1 Å². The summed E-state index contributed by atoms with van der Waals surface area (Å²) in [5.74, 6) is -1.58. The Bertz CT molecular complexity index is 1370. The molecule has 10 heteroatoms. The van der Waals surface area contributed by atoms with Crippen LogP contribution in [0.2, 0.25) is 0 Å². The van der Waals surface area contributed by atoms with E-state index in [-0.39, 0.29) is 40.2 Å². The van der Waals surface area contributed by atoms with Crippen LogP contribution in [0.1, 0.15) is 12.5 Å². The molecule has 0 aliphatic rings. The number of benzene rings is 2. The van der Waals surface area contributed by atoms with Crippen molar-refractivity contribution in [3.63, 3.8) is 0 Å². The molecule has 33 heavy (non-hydrogen) atoms. The van der Waals surface area contributed by atoms with E-state index in [1.54, 1.807) is 24.3 Å². The third kappa shape index (κ3) is 4.10. The van der Waals surface area contributed by atoms with Crippen LogP contribution in [0.3, 0.4) is 0 Å². The topological polar surface area (TPSA) is 123 Å². The second-order valence-electron chi connectivity index (χ2n) is 7.35. The number of hydrogen-bond acceptors (Lipinski definition) is 7. The van der Waals surface area contributed by atoms with Crippen molar-refractivity contribution in [2.45, 2.75) is 19.5 Å². The Labute approximate surface area is 187 Å². The van der Waals surface area contributed by atoms with Gasteiger partial charge in [0.25, 0.3) is 0 Å². The van der Waals surface area contributed by atoms with Crippen molar-refractivity contribution >= 4 is 33.7 Å². The first-order chi connectivity index (χ1) is 15.8. The quantitative estimate of drug-likeness (QED) is 0.396. The molecule has 0 radical (unpaired) electrons. The van der Waals surface area contributed by atoms with Gasteiger partial charge in [-0.05, 0) is 36.8 Å². The van der Waals surface area contributed by atoms with Crippen LogP contribution in [0, 0.1) is 5.82 Å². The van der Waals surface area contributed by atoms with E-state index in [1.165, 1.54) is 43.1 Å². The number of amides is 1. The van der Waals surface area contributed by atoms with Crippen LogP contribution in [-0.2, 0) is 16.1 Å². The number of phenolic OH excluding ortho intramolecular Hbond substituents is 1. The number of phenols is 1. The summed E-state index contributed by atoms with van der Waals surface area (Å²) in [7, 11) is 1.20. The molecule has 1 unspecified atom stereocenters. The number of methoxy groups -OCH3 is 1. The van der Waals surface area contributed by atoms with Gasteiger partial charge >= 0.3 is 12.1 Å². The van der Waals surface area contributed by atoms with Gasteiger partial charge in [-0.3, -0.25) is 4.98 Å². The molecule has 3 N–H and O–H groups in total. The van der Waals surface area contributed by atoms with Crippen LogP contribution in [0.15, 0.2) is 48.8 Å². The maximum Gasteiger partial charge on any atom is 0.413 e. The molecule has 2 aromatic carbocycles. The number of nitrogens with zero attached hydrogens (tertiary/aromatic N) is 2. The zero-order valence-corrected chi connectivity index (χ0v) is 17.7. The number of aromatic nitrogens is 2. The summed E-state index contributed by atoms with van der Waals surface area (Å²) in [6.45, 7) is 1.60. The number of aromatic hydroxyl groups is 2. The molecule has 0 aliphatic carbocycles. The van der Waals surface area contributed by atoms with E-state index < -0.39 is 23.9 Å². The predicted molar refractivity (Wildman–Crippen MR) is 117 cm³/mol. The number of rotatable bonds is 5. The molecule has 0 bridgehead atoms. The molecule has 0 saturated carbocycles. The highest BCUT2D eigenvalue weighted by Crippen LogP contribution is 2.46. The minimum Gasteiger partial charge on any atom is -0.505 e. The Morgan fingerprint density at radius 3 is 2.61 bits per heavy atom. The van der Waals surface area contributed by atoms with Gasteiger partial charge in [0, 0.05) is 17.8 Å². The Hall–Kier alpha value is -4.34. The van der Waals surface area contributed by atoms with Gasteiger partial charge in [0.05, 0.1) is 24.4 Å². The molecule has 170 valence electrons. The van der Waals surface area contributed by atoms with Gasteiger partial charge in [-0.25, -0.2) is 14.0 Å². The maximum absolute atomic E-state index is 13.2. The lowest BCUT2D eigenvalue weighted by molar-refractivity contribution is -0.142. The van der Waals surface area contributed by atoms with E-state index in [1.807, 2.05) is 0 Å². The Morgan fingerprint density at radius 2 is 1.91 bits per heavy atom. The Balaban J connectivity index is 1.81. The van der Waals surface area contributed by atoms with E-state index >= 15 is 0 Å². The zero-order valence-electron chi connectivity index (χ0n) is 17.7. The number of carbonyl (C=O) groups is 2. The third-order valence-electron chi connectivity index (χ3n) is 5.16. The molecule has 4 rings (SSSR count). The van der Waals surface area contributed by atoms with E-state index in [9.17, 15) is 24.2 Å². The summed E-state index contributed by atoms with van der Waals surface area (Å²) in [6, 6.07) is 7.97. The zero-order chi connectivity index (χ0) is 23.7. The van der Waals surface area contributed by atoms with Crippen LogP contribution in [-0.4, -0.2) is 45.0 Å². The monoisotopic (exact) mass is 453 g/mol. The first-order valence-electron chi connectivity index (χ1n) is 9.92. The normalized spacial score (nSPS) is 12.0. The number of ether oxygens (including phenoxy) is 2. The van der Waals surface area contributed by atoms with E-state index in [2.05, 4.69) is 15.0 Å². The molecule has 2 heterocycles. The van der Waals surface area contributed by atoms with Crippen molar-refractivity contribution in [1.29, 1.82) is 0 Å². The Morgan fingerprint density at radius 1 is 1.18 bits per heavy atom. The van der Waals surface area contributed by atoms with Gasteiger partial charge < -0.3 is 29.6 Å². The highest BCUT2D eigenvalue weighted by atomic mass is 19.1. The number of fused-ring (bicyclic) bond motifs is 2. The fourth-order valence-corrected chi connectivity index (χ4v) is 3.54. The second kappa shape index (κ2) is 8.65. The molecule has 4 aromatic rings. The number of hydrogen-bond donors (Lipinski definition) is 3. The Kier molecular flexibility index (Phi) is 5.74. The average molecular weight is 453 g/mol. The van der Waals surface area contributed by atoms with Crippen LogP contribution in [0.25, 0.3) is 21.7 Å². The number of carbonyl (C=O) groups excluding carboxylic acids is 2. The number of halogens is 1. The van der Waals surface area contributed by atoms with Gasteiger partial charge in [0.2, 0.25) is 5.88 Å².